The number of hydrogen-bond acceptors (Lipinski definition) is 4. The monoisotopic (exact) mass is 344 g/mol. The number of fused-ring (bicyclic) bond motifs is 3. The van der Waals surface area contributed by atoms with E-state index in [1.165, 1.54) is 6.42 Å². The maximum atomic E-state index is 13.5. The summed E-state index contributed by atoms with van der Waals surface area (Å²) < 4.78 is 34.3. The van der Waals surface area contributed by atoms with Crippen molar-refractivity contribution in [2.24, 2.45) is 11.3 Å². The van der Waals surface area contributed by atoms with Crippen LogP contribution in [0.25, 0.3) is 10.8 Å². The van der Waals surface area contributed by atoms with Crippen molar-refractivity contribution in [2.45, 2.75) is 30.2 Å². The van der Waals surface area contributed by atoms with Gasteiger partial charge in [-0.1, -0.05) is 18.6 Å². The predicted molar refractivity (Wildman–Crippen MR) is 90.0 cm³/mol. The van der Waals surface area contributed by atoms with E-state index in [0.29, 0.717) is 30.6 Å². The lowest BCUT2D eigenvalue weighted by Crippen LogP contribution is -2.39. The number of benzene rings is 1. The van der Waals surface area contributed by atoms with E-state index in [1.54, 1.807) is 34.9 Å². The van der Waals surface area contributed by atoms with Crippen LogP contribution in [-0.2, 0) is 14.8 Å². The number of pyridine rings is 1. The Hall–Kier alpha value is -1.50. The Morgan fingerprint density at radius 2 is 2.08 bits per heavy atom. The van der Waals surface area contributed by atoms with Gasteiger partial charge in [-0.05, 0) is 30.4 Å². The summed E-state index contributed by atoms with van der Waals surface area (Å²) in [6.45, 7) is 1.88. The van der Waals surface area contributed by atoms with Gasteiger partial charge in [-0.15, -0.1) is 0 Å². The number of aromatic nitrogens is 1. The topological polar surface area (TPSA) is 59.5 Å². The van der Waals surface area contributed by atoms with Crippen LogP contribution in [0.15, 0.2) is 41.6 Å². The van der Waals surface area contributed by atoms with E-state index < -0.39 is 10.0 Å². The first-order valence-corrected chi connectivity index (χ1v) is 9.98. The molecule has 2 aliphatic heterocycles. The maximum Gasteiger partial charge on any atom is 0.244 e. The first kappa shape index (κ1) is 14.8. The highest BCUT2D eigenvalue weighted by molar-refractivity contribution is 7.89. The van der Waals surface area contributed by atoms with E-state index in [9.17, 15) is 8.42 Å². The van der Waals surface area contributed by atoms with Crippen LogP contribution in [0.1, 0.15) is 19.3 Å². The third kappa shape index (κ3) is 1.87. The molecule has 0 unspecified atom stereocenters. The van der Waals surface area contributed by atoms with E-state index >= 15 is 0 Å². The number of sulfonamides is 1. The fourth-order valence-corrected chi connectivity index (χ4v) is 6.78. The van der Waals surface area contributed by atoms with Gasteiger partial charge in [0.25, 0.3) is 0 Å². The standard InChI is InChI=1S/C18H20N2O3S/c21-24(22,17-4-1-3-13-9-19-8-5-14(13)17)20-12-18(6-2-7-18)15-10-23-11-16(15)20/h1,3-5,8-9,15-16H,2,6-7,10-12H2/t15-,16+/m0/s1. The van der Waals surface area contributed by atoms with Gasteiger partial charge >= 0.3 is 0 Å². The van der Waals surface area contributed by atoms with Crippen molar-refractivity contribution in [2.75, 3.05) is 19.8 Å². The van der Waals surface area contributed by atoms with Gasteiger partial charge in [-0.2, -0.15) is 4.31 Å². The van der Waals surface area contributed by atoms with E-state index in [-0.39, 0.29) is 11.5 Å². The second kappa shape index (κ2) is 5.00. The molecule has 0 amide bonds. The summed E-state index contributed by atoms with van der Waals surface area (Å²) in [5, 5.41) is 1.60. The molecular weight excluding hydrogens is 324 g/mol. The lowest BCUT2D eigenvalue weighted by atomic mass is 9.62. The Bertz CT molecular complexity index is 902. The molecule has 6 heteroatoms. The average molecular weight is 344 g/mol. The van der Waals surface area contributed by atoms with Gasteiger partial charge in [0, 0.05) is 35.6 Å². The van der Waals surface area contributed by atoms with Crippen molar-refractivity contribution in [3.8, 4) is 0 Å². The highest BCUT2D eigenvalue weighted by Gasteiger charge is 2.60. The molecule has 3 fully saturated rings. The van der Waals surface area contributed by atoms with E-state index in [0.717, 1.165) is 23.6 Å². The number of ether oxygens (including phenoxy) is 1. The highest BCUT2D eigenvalue weighted by atomic mass is 32.2. The minimum Gasteiger partial charge on any atom is -0.379 e. The molecule has 0 N–H and O–H groups in total. The van der Waals surface area contributed by atoms with Crippen molar-refractivity contribution >= 4 is 20.8 Å². The first-order valence-electron chi connectivity index (χ1n) is 8.54. The number of rotatable bonds is 2. The summed E-state index contributed by atoms with van der Waals surface area (Å²) >= 11 is 0. The summed E-state index contributed by atoms with van der Waals surface area (Å²) in [7, 11) is -3.54. The van der Waals surface area contributed by atoms with Gasteiger partial charge < -0.3 is 4.74 Å². The second-order valence-electron chi connectivity index (χ2n) is 7.33. The molecular formula is C18H20N2O3S. The normalized spacial score (nSPS) is 29.0. The summed E-state index contributed by atoms with van der Waals surface area (Å²) in [6.07, 6.45) is 6.83. The highest BCUT2D eigenvalue weighted by Crippen LogP contribution is 2.56. The van der Waals surface area contributed by atoms with E-state index in [2.05, 4.69) is 4.98 Å². The Kier molecular flexibility index (Phi) is 3.09. The SMILES string of the molecule is O=S(=O)(c1cccc2cnccc12)N1CC2(CCC2)[C@H]2COC[C@H]21. The Labute approximate surface area is 141 Å². The minimum atomic E-state index is -3.54. The molecule has 5 nitrogen and oxygen atoms in total. The Balaban J connectivity index is 1.62. The summed E-state index contributed by atoms with van der Waals surface area (Å²) in [4.78, 5) is 4.50. The molecule has 2 atom stereocenters. The molecule has 3 heterocycles. The summed E-state index contributed by atoms with van der Waals surface area (Å²) in [5.41, 5.74) is 0.153. The zero-order valence-corrected chi connectivity index (χ0v) is 14.2. The van der Waals surface area contributed by atoms with Gasteiger partial charge in [-0.3, -0.25) is 4.98 Å². The van der Waals surface area contributed by atoms with Gasteiger partial charge in [0.2, 0.25) is 10.0 Å². The summed E-state index contributed by atoms with van der Waals surface area (Å²) in [6, 6.07) is 7.20. The lowest BCUT2D eigenvalue weighted by Gasteiger charge is -2.42. The van der Waals surface area contributed by atoms with Crippen LogP contribution in [0, 0.1) is 11.3 Å². The zero-order valence-electron chi connectivity index (χ0n) is 13.4. The molecule has 1 aromatic heterocycles. The fraction of sp³-hybridized carbons (Fsp3) is 0.500. The van der Waals surface area contributed by atoms with Gasteiger partial charge in [-0.25, -0.2) is 8.42 Å². The molecule has 126 valence electrons. The van der Waals surface area contributed by atoms with Gasteiger partial charge in [0.1, 0.15) is 0 Å². The fourth-order valence-electron chi connectivity index (χ4n) is 4.82. The van der Waals surface area contributed by atoms with Crippen LogP contribution < -0.4 is 0 Å². The van der Waals surface area contributed by atoms with Crippen LogP contribution >= 0.6 is 0 Å². The van der Waals surface area contributed by atoms with Crippen LogP contribution in [0.2, 0.25) is 0 Å². The van der Waals surface area contributed by atoms with Crippen molar-refractivity contribution in [3.63, 3.8) is 0 Å². The second-order valence-corrected chi connectivity index (χ2v) is 9.19. The van der Waals surface area contributed by atoms with Crippen molar-refractivity contribution in [1.29, 1.82) is 0 Å². The third-order valence-corrected chi connectivity index (χ3v) is 8.18. The Morgan fingerprint density at radius 3 is 2.88 bits per heavy atom. The average Bonchev–Trinajstić information content (AvgIpc) is 3.14. The van der Waals surface area contributed by atoms with Crippen molar-refractivity contribution in [1.82, 2.24) is 9.29 Å². The predicted octanol–water partition coefficient (Wildman–Crippen LogP) is 2.42. The quantitative estimate of drug-likeness (QED) is 0.839. The smallest absolute Gasteiger partial charge is 0.244 e. The van der Waals surface area contributed by atoms with Crippen LogP contribution in [0.4, 0.5) is 0 Å². The molecule has 3 aliphatic rings. The van der Waals surface area contributed by atoms with Crippen LogP contribution in [0.5, 0.6) is 0 Å². The number of hydrogen-bond donors (Lipinski definition) is 0. The van der Waals surface area contributed by atoms with Crippen molar-refractivity contribution < 1.29 is 13.2 Å². The van der Waals surface area contributed by atoms with E-state index in [1.807, 2.05) is 6.07 Å². The molecule has 1 aliphatic carbocycles. The zero-order chi connectivity index (χ0) is 16.4. The Morgan fingerprint density at radius 1 is 1.21 bits per heavy atom. The molecule has 5 rings (SSSR count). The van der Waals surface area contributed by atoms with Gasteiger partial charge in [0.15, 0.2) is 0 Å². The molecule has 24 heavy (non-hydrogen) atoms. The van der Waals surface area contributed by atoms with E-state index in [4.69, 9.17) is 4.74 Å². The first-order chi connectivity index (χ1) is 11.6. The summed E-state index contributed by atoms with van der Waals surface area (Å²) in [5.74, 6) is 0.359. The molecule has 2 saturated heterocycles. The number of nitrogens with zero attached hydrogens (tertiary/aromatic N) is 2. The largest absolute Gasteiger partial charge is 0.379 e. The van der Waals surface area contributed by atoms with Crippen LogP contribution in [0.3, 0.4) is 0 Å². The molecule has 0 bridgehead atoms. The van der Waals surface area contributed by atoms with Gasteiger partial charge in [0.05, 0.1) is 24.2 Å². The maximum absolute atomic E-state index is 13.5. The molecule has 2 aromatic rings. The molecule has 0 radical (unpaired) electrons. The third-order valence-electron chi connectivity index (χ3n) is 6.25. The molecule has 1 spiro atoms. The van der Waals surface area contributed by atoms with Crippen molar-refractivity contribution in [3.05, 3.63) is 36.7 Å². The van der Waals surface area contributed by atoms with Crippen LogP contribution in [-0.4, -0.2) is 43.5 Å². The minimum absolute atomic E-state index is 0.00704. The lowest BCUT2D eigenvalue weighted by molar-refractivity contribution is 0.0601. The molecule has 1 saturated carbocycles. The molecule has 1 aromatic carbocycles.